The summed E-state index contributed by atoms with van der Waals surface area (Å²) in [5, 5.41) is 0. The summed E-state index contributed by atoms with van der Waals surface area (Å²) in [5.41, 5.74) is 12.4. The molecule has 0 N–H and O–H groups in total. The van der Waals surface area contributed by atoms with Crippen LogP contribution in [0.4, 0.5) is 0 Å². The van der Waals surface area contributed by atoms with Crippen molar-refractivity contribution in [3.05, 3.63) is 81.9 Å². The third kappa shape index (κ3) is 4.39. The van der Waals surface area contributed by atoms with Crippen molar-refractivity contribution in [3.8, 4) is 0 Å². The minimum Gasteiger partial charge on any atom is -1.00 e. The molecule has 0 amide bonds. The normalized spacial score (nSPS) is 19.0. The second kappa shape index (κ2) is 9.68. The molecule has 0 aliphatic heterocycles. The minimum atomic E-state index is -0.693. The molecule has 3 heteroatoms. The van der Waals surface area contributed by atoms with Gasteiger partial charge >= 0.3 is 177 Å². The fraction of sp³-hybridized carbons (Fsp3) is 0.385. The second-order valence-electron chi connectivity index (χ2n) is 8.75. The first-order valence-corrected chi connectivity index (χ1v) is 13.1. The van der Waals surface area contributed by atoms with Gasteiger partial charge < -0.3 is 24.8 Å². The Kier molecular flexibility index (Phi) is 8.22. The molecule has 0 nitrogen and oxygen atoms in total. The standard InChI is InChI=1S/2C13H15.2ClH.Zr/c2*1-9(2)12-6-4-5-11-8-7-10(3)13(11)12;;;/h2*4-9H,1-3H3;2*1H;/q;;;;+2/p-2. The van der Waals surface area contributed by atoms with Crippen molar-refractivity contribution in [2.75, 3.05) is 0 Å². The van der Waals surface area contributed by atoms with Crippen molar-refractivity contribution in [2.24, 2.45) is 0 Å². The molecule has 0 fully saturated rings. The van der Waals surface area contributed by atoms with Crippen molar-refractivity contribution in [2.45, 2.75) is 60.6 Å². The molecule has 2 atom stereocenters. The quantitative estimate of drug-likeness (QED) is 0.594. The monoisotopic (exact) mass is 502 g/mol. The zero-order chi connectivity index (χ0) is 19.3. The molecule has 2 aliphatic carbocycles. The summed E-state index contributed by atoms with van der Waals surface area (Å²) in [5.74, 6) is 1.19. The van der Waals surface area contributed by atoms with Gasteiger partial charge in [-0.3, -0.25) is 0 Å². The van der Waals surface area contributed by atoms with Gasteiger partial charge in [-0.15, -0.1) is 0 Å². The zero-order valence-corrected chi connectivity index (χ0v) is 22.2. The molecule has 0 heterocycles. The summed E-state index contributed by atoms with van der Waals surface area (Å²) in [6.07, 6.45) is 5.19. The van der Waals surface area contributed by atoms with E-state index in [0.717, 1.165) is 0 Å². The van der Waals surface area contributed by atoms with Crippen LogP contribution in [-0.2, 0) is 23.2 Å². The van der Waals surface area contributed by atoms with Gasteiger partial charge in [-0.05, 0) is 0 Å². The molecule has 4 rings (SSSR count). The van der Waals surface area contributed by atoms with Gasteiger partial charge in [-0.2, -0.15) is 0 Å². The Bertz CT molecular complexity index is 876. The van der Waals surface area contributed by atoms with Crippen molar-refractivity contribution in [1.82, 2.24) is 0 Å². The summed E-state index contributed by atoms with van der Waals surface area (Å²) in [7, 11) is 0. The van der Waals surface area contributed by atoms with Crippen LogP contribution in [0.2, 0.25) is 0 Å². The molecular weight excluding hydrogens is 474 g/mol. The van der Waals surface area contributed by atoms with Crippen molar-refractivity contribution < 1.29 is 48.0 Å². The molecule has 29 heavy (non-hydrogen) atoms. The van der Waals surface area contributed by atoms with Gasteiger partial charge in [0, 0.05) is 0 Å². The first-order valence-electron chi connectivity index (χ1n) is 10.3. The minimum absolute atomic E-state index is 0. The van der Waals surface area contributed by atoms with E-state index in [2.05, 4.69) is 90.1 Å². The number of halogens is 2. The average molecular weight is 505 g/mol. The summed E-state index contributed by atoms with van der Waals surface area (Å²) in [6.45, 7) is 13.9. The van der Waals surface area contributed by atoms with Crippen LogP contribution in [0.25, 0.3) is 11.1 Å². The Morgan fingerprint density at radius 2 is 1.03 bits per heavy atom. The van der Waals surface area contributed by atoms with Gasteiger partial charge in [0.2, 0.25) is 0 Å². The third-order valence-corrected chi connectivity index (χ3v) is 10.3. The number of rotatable bonds is 4. The van der Waals surface area contributed by atoms with Crippen molar-refractivity contribution >= 4 is 11.1 Å². The number of benzene rings is 2. The fourth-order valence-electron chi connectivity index (χ4n) is 4.88. The topological polar surface area (TPSA) is 0 Å². The third-order valence-electron chi connectivity index (χ3n) is 6.15. The molecule has 0 saturated carbocycles. The molecule has 0 aromatic heterocycles. The van der Waals surface area contributed by atoms with Crippen LogP contribution in [0.15, 0.2) is 48.6 Å². The van der Waals surface area contributed by atoms with Crippen LogP contribution in [0.1, 0.15) is 94.0 Å². The van der Waals surface area contributed by atoms with E-state index < -0.39 is 23.2 Å². The predicted octanol–water partition coefficient (Wildman–Crippen LogP) is 1.64. The van der Waals surface area contributed by atoms with Crippen LogP contribution in [-0.4, -0.2) is 0 Å². The molecule has 2 aromatic carbocycles. The number of allylic oxidation sites excluding steroid dienone is 4. The number of hydrogen-bond donors (Lipinski definition) is 0. The molecule has 0 radical (unpaired) electrons. The van der Waals surface area contributed by atoms with Crippen LogP contribution in [0.5, 0.6) is 0 Å². The van der Waals surface area contributed by atoms with Gasteiger partial charge in [0.05, 0.1) is 0 Å². The average Bonchev–Trinajstić information content (AvgIpc) is 3.12. The summed E-state index contributed by atoms with van der Waals surface area (Å²) in [6, 6.07) is 14.0. The predicted molar refractivity (Wildman–Crippen MR) is 114 cm³/mol. The molecule has 2 aliphatic rings. The van der Waals surface area contributed by atoms with E-state index in [1.54, 1.807) is 22.3 Å². The first kappa shape index (κ1) is 24.7. The van der Waals surface area contributed by atoms with E-state index in [1.165, 1.54) is 22.3 Å². The Morgan fingerprint density at radius 1 is 0.655 bits per heavy atom. The number of hydrogen-bond acceptors (Lipinski definition) is 0. The Hall–Kier alpha value is -0.617. The zero-order valence-electron chi connectivity index (χ0n) is 18.2. The van der Waals surface area contributed by atoms with Crippen LogP contribution in [0.3, 0.4) is 0 Å². The SMILES string of the molecule is CC1=C[CH]([Zr+2][CH]2C=C(C)c3c(C(C)C)cccc32)c2cccc(C(C)C)c21.[Cl-].[Cl-]. The molecular formula is C26H30Cl2Zr. The molecule has 2 unspecified atom stereocenters. The van der Waals surface area contributed by atoms with E-state index in [0.29, 0.717) is 19.1 Å². The summed E-state index contributed by atoms with van der Waals surface area (Å²) in [4.78, 5) is 0. The Labute approximate surface area is 200 Å². The van der Waals surface area contributed by atoms with Gasteiger partial charge in [0.15, 0.2) is 0 Å². The van der Waals surface area contributed by atoms with Gasteiger partial charge in [-0.25, -0.2) is 0 Å². The smallest absolute Gasteiger partial charge is 1.00 e. The van der Waals surface area contributed by atoms with Gasteiger partial charge in [0.1, 0.15) is 0 Å². The van der Waals surface area contributed by atoms with Gasteiger partial charge in [-0.1, -0.05) is 0 Å². The van der Waals surface area contributed by atoms with Crippen molar-refractivity contribution in [1.29, 1.82) is 0 Å². The summed E-state index contributed by atoms with van der Waals surface area (Å²) < 4.78 is 1.40. The Balaban J connectivity index is 0.00000150. The van der Waals surface area contributed by atoms with E-state index in [-0.39, 0.29) is 24.8 Å². The molecule has 152 valence electrons. The largest absolute Gasteiger partial charge is 1.00 e. The molecule has 0 bridgehead atoms. The maximum Gasteiger partial charge on any atom is -1.00 e. The van der Waals surface area contributed by atoms with E-state index >= 15 is 0 Å². The molecule has 2 aromatic rings. The first-order chi connectivity index (χ1) is 12.9. The van der Waals surface area contributed by atoms with E-state index in [4.69, 9.17) is 0 Å². The Morgan fingerprint density at radius 3 is 1.38 bits per heavy atom. The van der Waals surface area contributed by atoms with Crippen LogP contribution in [0, 0.1) is 0 Å². The summed E-state index contributed by atoms with van der Waals surface area (Å²) >= 11 is -0.693. The molecule has 0 saturated heterocycles. The van der Waals surface area contributed by atoms with Crippen LogP contribution < -0.4 is 24.8 Å². The van der Waals surface area contributed by atoms with Crippen LogP contribution >= 0.6 is 0 Å². The van der Waals surface area contributed by atoms with E-state index in [1.807, 2.05) is 0 Å². The maximum absolute atomic E-state index is 2.59. The number of fused-ring (bicyclic) bond motifs is 2. The van der Waals surface area contributed by atoms with E-state index in [9.17, 15) is 0 Å². The molecule has 0 spiro atoms. The fourth-order valence-corrected chi connectivity index (χ4v) is 9.60. The second-order valence-corrected chi connectivity index (χ2v) is 12.6. The maximum atomic E-state index is 2.59. The van der Waals surface area contributed by atoms with Crippen molar-refractivity contribution in [3.63, 3.8) is 0 Å². The van der Waals surface area contributed by atoms with Gasteiger partial charge in [0.25, 0.3) is 0 Å².